The molecular weight excluding hydrogens is 266 g/mol. The molecule has 3 aromatic rings. The molecule has 0 bridgehead atoms. The van der Waals surface area contributed by atoms with Crippen molar-refractivity contribution < 1.29 is 4.42 Å². The van der Waals surface area contributed by atoms with Crippen molar-refractivity contribution in [2.45, 2.75) is 19.9 Å². The van der Waals surface area contributed by atoms with E-state index in [9.17, 15) is 0 Å². The van der Waals surface area contributed by atoms with Crippen LogP contribution in [0.1, 0.15) is 24.5 Å². The first-order valence-corrected chi connectivity index (χ1v) is 6.79. The van der Waals surface area contributed by atoms with Crippen LogP contribution in [0.2, 0.25) is 0 Å². The smallest absolute Gasteiger partial charge is 0.181 e. The highest BCUT2D eigenvalue weighted by Gasteiger charge is 2.11. The molecule has 0 spiro atoms. The van der Waals surface area contributed by atoms with Gasteiger partial charge in [0.15, 0.2) is 5.82 Å². The third-order valence-electron chi connectivity index (χ3n) is 3.31. The van der Waals surface area contributed by atoms with Crippen molar-refractivity contribution in [1.82, 2.24) is 20.2 Å². The minimum absolute atomic E-state index is 0.0894. The van der Waals surface area contributed by atoms with Crippen LogP contribution in [0.3, 0.4) is 0 Å². The fourth-order valence-electron chi connectivity index (χ4n) is 2.23. The Kier molecular flexibility index (Phi) is 3.43. The molecule has 2 heterocycles. The summed E-state index contributed by atoms with van der Waals surface area (Å²) in [5, 5.41) is 15.0. The lowest BCUT2D eigenvalue weighted by atomic mass is 10.1. The van der Waals surface area contributed by atoms with Crippen LogP contribution in [-0.4, -0.2) is 20.2 Å². The number of tetrazole rings is 1. The van der Waals surface area contributed by atoms with Crippen LogP contribution in [0.25, 0.3) is 11.4 Å². The fourth-order valence-corrected chi connectivity index (χ4v) is 2.23. The van der Waals surface area contributed by atoms with Crippen molar-refractivity contribution in [3.63, 3.8) is 0 Å². The summed E-state index contributed by atoms with van der Waals surface area (Å²) in [7, 11) is 1.82. The number of benzene rings is 1. The first-order valence-electron chi connectivity index (χ1n) is 6.79. The van der Waals surface area contributed by atoms with E-state index in [1.165, 1.54) is 0 Å². The van der Waals surface area contributed by atoms with Crippen molar-refractivity contribution in [3.05, 3.63) is 47.9 Å². The zero-order valence-electron chi connectivity index (χ0n) is 12.2. The Labute approximate surface area is 122 Å². The second-order valence-corrected chi connectivity index (χ2v) is 5.02. The third-order valence-corrected chi connectivity index (χ3v) is 3.31. The number of rotatable bonds is 4. The van der Waals surface area contributed by atoms with Crippen LogP contribution in [0.4, 0.5) is 5.69 Å². The van der Waals surface area contributed by atoms with Crippen LogP contribution in [0.5, 0.6) is 0 Å². The Morgan fingerprint density at radius 1 is 1.24 bits per heavy atom. The van der Waals surface area contributed by atoms with Crippen molar-refractivity contribution >= 4 is 5.69 Å². The number of nitrogens with zero attached hydrogens (tertiary/aromatic N) is 4. The summed E-state index contributed by atoms with van der Waals surface area (Å²) >= 11 is 0. The number of hydrogen-bond donors (Lipinski definition) is 1. The normalized spacial score (nSPS) is 12.3. The van der Waals surface area contributed by atoms with E-state index in [0.717, 1.165) is 28.6 Å². The van der Waals surface area contributed by atoms with E-state index in [1.54, 1.807) is 4.68 Å². The molecule has 0 aliphatic carbocycles. The molecule has 1 unspecified atom stereocenters. The fraction of sp³-hybridized carbons (Fsp3) is 0.267. The van der Waals surface area contributed by atoms with Gasteiger partial charge in [-0.1, -0.05) is 12.1 Å². The lowest BCUT2D eigenvalue weighted by molar-refractivity contribution is 0.467. The molecule has 3 rings (SSSR count). The number of furan rings is 1. The molecule has 1 atom stereocenters. The van der Waals surface area contributed by atoms with Gasteiger partial charge in [-0.3, -0.25) is 0 Å². The minimum Gasteiger partial charge on any atom is -0.464 e. The van der Waals surface area contributed by atoms with Crippen LogP contribution in [-0.2, 0) is 7.05 Å². The monoisotopic (exact) mass is 283 g/mol. The number of nitrogens with one attached hydrogen (secondary N) is 1. The lowest BCUT2D eigenvalue weighted by Crippen LogP contribution is -2.05. The predicted molar refractivity (Wildman–Crippen MR) is 79.7 cm³/mol. The number of aryl methyl sites for hydroxylation is 2. The van der Waals surface area contributed by atoms with E-state index in [2.05, 4.69) is 27.8 Å². The number of aromatic nitrogens is 4. The van der Waals surface area contributed by atoms with Gasteiger partial charge in [-0.15, -0.1) is 5.10 Å². The summed E-state index contributed by atoms with van der Waals surface area (Å²) in [6.45, 7) is 4.01. The molecule has 21 heavy (non-hydrogen) atoms. The largest absolute Gasteiger partial charge is 0.464 e. The van der Waals surface area contributed by atoms with Crippen LogP contribution in [0.15, 0.2) is 40.8 Å². The molecule has 6 heteroatoms. The molecule has 0 saturated heterocycles. The first kappa shape index (κ1) is 13.4. The standard InChI is InChI=1S/C15H17N5O/c1-10-7-8-14(21-10)11(2)16-13-6-4-5-12(9-13)15-17-18-19-20(15)3/h4-9,11,16H,1-3H3. The summed E-state index contributed by atoms with van der Waals surface area (Å²) in [5.74, 6) is 2.57. The SMILES string of the molecule is Cc1ccc(C(C)Nc2cccc(-c3nnnn3C)c2)o1. The Balaban J connectivity index is 1.82. The van der Waals surface area contributed by atoms with Gasteiger partial charge in [-0.25, -0.2) is 4.68 Å². The topological polar surface area (TPSA) is 68.8 Å². The highest BCUT2D eigenvalue weighted by Crippen LogP contribution is 2.24. The first-order chi connectivity index (χ1) is 10.1. The lowest BCUT2D eigenvalue weighted by Gasteiger charge is -2.13. The minimum atomic E-state index is 0.0894. The molecule has 6 nitrogen and oxygen atoms in total. The van der Waals surface area contributed by atoms with Crippen molar-refractivity contribution in [2.75, 3.05) is 5.32 Å². The summed E-state index contributed by atoms with van der Waals surface area (Å²) in [6, 6.07) is 12.0. The highest BCUT2D eigenvalue weighted by molar-refractivity contribution is 5.62. The quantitative estimate of drug-likeness (QED) is 0.797. The van der Waals surface area contributed by atoms with E-state index < -0.39 is 0 Å². The Bertz CT molecular complexity index is 746. The molecule has 0 aliphatic rings. The predicted octanol–water partition coefficient (Wildman–Crippen LogP) is 2.95. The molecule has 108 valence electrons. The van der Waals surface area contributed by atoms with Crippen LogP contribution >= 0.6 is 0 Å². The summed E-state index contributed by atoms with van der Waals surface area (Å²) in [6.07, 6.45) is 0. The summed E-state index contributed by atoms with van der Waals surface area (Å²) in [5.41, 5.74) is 1.97. The maximum absolute atomic E-state index is 5.64. The molecule has 0 radical (unpaired) electrons. The molecular formula is C15H17N5O. The van der Waals surface area contributed by atoms with Gasteiger partial charge in [0.25, 0.3) is 0 Å². The molecule has 1 aromatic carbocycles. The molecule has 1 N–H and O–H groups in total. The summed E-state index contributed by atoms with van der Waals surface area (Å²) < 4.78 is 7.29. The second kappa shape index (κ2) is 5.40. The number of anilines is 1. The average molecular weight is 283 g/mol. The number of hydrogen-bond acceptors (Lipinski definition) is 5. The molecule has 0 fully saturated rings. The van der Waals surface area contributed by atoms with E-state index in [4.69, 9.17) is 4.42 Å². The van der Waals surface area contributed by atoms with E-state index in [0.29, 0.717) is 0 Å². The van der Waals surface area contributed by atoms with Gasteiger partial charge < -0.3 is 9.73 Å². The van der Waals surface area contributed by atoms with Gasteiger partial charge >= 0.3 is 0 Å². The van der Waals surface area contributed by atoms with Crippen LogP contribution < -0.4 is 5.32 Å². The van der Waals surface area contributed by atoms with E-state index in [-0.39, 0.29) is 6.04 Å². The van der Waals surface area contributed by atoms with Gasteiger partial charge in [0, 0.05) is 18.3 Å². The average Bonchev–Trinajstić information content (AvgIpc) is 3.08. The summed E-state index contributed by atoms with van der Waals surface area (Å²) in [4.78, 5) is 0. The molecule has 0 aliphatic heterocycles. The van der Waals surface area contributed by atoms with Gasteiger partial charge in [-0.05, 0) is 48.5 Å². The Hall–Kier alpha value is -2.63. The van der Waals surface area contributed by atoms with E-state index in [1.807, 2.05) is 50.4 Å². The van der Waals surface area contributed by atoms with Crippen molar-refractivity contribution in [1.29, 1.82) is 0 Å². The molecule has 0 amide bonds. The Morgan fingerprint density at radius 2 is 2.10 bits per heavy atom. The highest BCUT2D eigenvalue weighted by atomic mass is 16.3. The van der Waals surface area contributed by atoms with E-state index >= 15 is 0 Å². The van der Waals surface area contributed by atoms with Crippen molar-refractivity contribution in [2.24, 2.45) is 7.05 Å². The van der Waals surface area contributed by atoms with Gasteiger partial charge in [-0.2, -0.15) is 0 Å². The molecule has 2 aromatic heterocycles. The van der Waals surface area contributed by atoms with Gasteiger partial charge in [0.05, 0.1) is 6.04 Å². The molecule has 0 saturated carbocycles. The van der Waals surface area contributed by atoms with Gasteiger partial charge in [0.1, 0.15) is 11.5 Å². The zero-order chi connectivity index (χ0) is 14.8. The maximum Gasteiger partial charge on any atom is 0.181 e. The Morgan fingerprint density at radius 3 is 2.76 bits per heavy atom. The van der Waals surface area contributed by atoms with Gasteiger partial charge in [0.2, 0.25) is 0 Å². The van der Waals surface area contributed by atoms with Crippen LogP contribution in [0, 0.1) is 6.92 Å². The maximum atomic E-state index is 5.64. The van der Waals surface area contributed by atoms with Crippen molar-refractivity contribution in [3.8, 4) is 11.4 Å². The zero-order valence-corrected chi connectivity index (χ0v) is 12.2. The second-order valence-electron chi connectivity index (χ2n) is 5.02. The third kappa shape index (κ3) is 2.79.